The molecule has 0 spiro atoms. The number of aromatic amines is 1. The molecule has 0 aliphatic carbocycles. The van der Waals surface area contributed by atoms with Crippen LogP contribution in [0.15, 0.2) is 59.2 Å². The number of nitrogens with one attached hydrogen (secondary N) is 2. The van der Waals surface area contributed by atoms with E-state index in [-0.39, 0.29) is 0 Å². The predicted octanol–water partition coefficient (Wildman–Crippen LogP) is 4.32. The van der Waals surface area contributed by atoms with Crippen molar-refractivity contribution in [2.75, 3.05) is 5.43 Å². The summed E-state index contributed by atoms with van der Waals surface area (Å²) in [6.07, 6.45) is 3.78. The topological polar surface area (TPSA) is 78.8 Å². The Morgan fingerprint density at radius 3 is 2.81 bits per heavy atom. The molecule has 26 heavy (non-hydrogen) atoms. The number of hydrazone groups is 1. The highest BCUT2D eigenvalue weighted by Gasteiger charge is 2.08. The van der Waals surface area contributed by atoms with Crippen LogP contribution in [0.25, 0.3) is 28.1 Å². The van der Waals surface area contributed by atoms with Gasteiger partial charge in [0.15, 0.2) is 5.65 Å². The molecule has 0 bridgehead atoms. The van der Waals surface area contributed by atoms with Crippen LogP contribution in [0.5, 0.6) is 0 Å². The standard InChI is InChI=1S/C20H18N6/c1-13-8-9-17-16(11-13)18-19(22-17)23-20(26-24-18)25-21-12-14(2)10-15-6-4-3-5-7-15/h3-12H,1-2H3,(H2,22,23,25,26)/b14-10+,21-12+. The molecule has 0 amide bonds. The lowest BCUT2D eigenvalue weighted by molar-refractivity contribution is 1.01. The summed E-state index contributed by atoms with van der Waals surface area (Å²) in [5.74, 6) is 0.351. The third-order valence-corrected chi connectivity index (χ3v) is 4.00. The van der Waals surface area contributed by atoms with Crippen LogP contribution >= 0.6 is 0 Å². The number of aryl methyl sites for hydroxylation is 1. The number of anilines is 1. The largest absolute Gasteiger partial charge is 0.338 e. The van der Waals surface area contributed by atoms with Crippen LogP contribution < -0.4 is 5.43 Å². The number of aromatic nitrogens is 4. The number of benzene rings is 2. The monoisotopic (exact) mass is 342 g/mol. The van der Waals surface area contributed by atoms with E-state index >= 15 is 0 Å². The maximum atomic E-state index is 4.45. The molecule has 4 aromatic rings. The maximum Gasteiger partial charge on any atom is 0.265 e. The first-order valence-corrected chi connectivity index (χ1v) is 8.34. The smallest absolute Gasteiger partial charge is 0.265 e. The number of hydrogen-bond donors (Lipinski definition) is 2. The average Bonchev–Trinajstić information content (AvgIpc) is 2.99. The van der Waals surface area contributed by atoms with Gasteiger partial charge in [-0.2, -0.15) is 10.1 Å². The van der Waals surface area contributed by atoms with Crippen LogP contribution in [-0.2, 0) is 0 Å². The Bertz CT molecular complexity index is 1130. The van der Waals surface area contributed by atoms with Gasteiger partial charge < -0.3 is 4.98 Å². The summed E-state index contributed by atoms with van der Waals surface area (Å²) in [6, 6.07) is 16.2. The second-order valence-electron chi connectivity index (χ2n) is 6.18. The molecule has 6 heteroatoms. The van der Waals surface area contributed by atoms with Crippen LogP contribution in [0.3, 0.4) is 0 Å². The van der Waals surface area contributed by atoms with Gasteiger partial charge in [-0.3, -0.25) is 0 Å². The van der Waals surface area contributed by atoms with Crippen LogP contribution in [0.4, 0.5) is 5.95 Å². The lowest BCUT2D eigenvalue weighted by Gasteiger charge is -1.98. The van der Waals surface area contributed by atoms with Gasteiger partial charge in [0.25, 0.3) is 5.95 Å². The highest BCUT2D eigenvalue weighted by atomic mass is 15.4. The maximum absolute atomic E-state index is 4.45. The molecule has 0 aliphatic heterocycles. The molecule has 128 valence electrons. The summed E-state index contributed by atoms with van der Waals surface area (Å²) in [5.41, 5.74) is 8.60. The van der Waals surface area contributed by atoms with Crippen LogP contribution in [0.2, 0.25) is 0 Å². The predicted molar refractivity (Wildman–Crippen MR) is 106 cm³/mol. The van der Waals surface area contributed by atoms with Crippen LogP contribution in [0, 0.1) is 6.92 Å². The van der Waals surface area contributed by atoms with E-state index in [4.69, 9.17) is 0 Å². The van der Waals surface area contributed by atoms with Gasteiger partial charge in [0.1, 0.15) is 5.52 Å². The second kappa shape index (κ2) is 6.76. The first kappa shape index (κ1) is 16.0. The van der Waals surface area contributed by atoms with Gasteiger partial charge in [-0.1, -0.05) is 48.0 Å². The molecule has 0 saturated carbocycles. The minimum atomic E-state index is 0.351. The molecular formula is C20H18N6. The molecule has 0 saturated heterocycles. The van der Waals surface area contributed by atoms with Crippen molar-refractivity contribution in [1.29, 1.82) is 0 Å². The molecule has 0 radical (unpaired) electrons. The van der Waals surface area contributed by atoms with E-state index in [1.54, 1.807) is 6.21 Å². The van der Waals surface area contributed by atoms with Crippen LogP contribution in [-0.4, -0.2) is 26.4 Å². The molecule has 2 aromatic carbocycles. The van der Waals surface area contributed by atoms with Gasteiger partial charge in [0.05, 0.1) is 6.21 Å². The number of fused-ring (bicyclic) bond motifs is 3. The summed E-state index contributed by atoms with van der Waals surface area (Å²) < 4.78 is 0. The Morgan fingerprint density at radius 1 is 1.12 bits per heavy atom. The van der Waals surface area contributed by atoms with Crippen molar-refractivity contribution < 1.29 is 0 Å². The molecule has 2 aromatic heterocycles. The minimum Gasteiger partial charge on any atom is -0.338 e. The Labute approximate surface area is 150 Å². The highest BCUT2D eigenvalue weighted by molar-refractivity contribution is 6.03. The van der Waals surface area contributed by atoms with Gasteiger partial charge in [0, 0.05) is 10.9 Å². The first-order chi connectivity index (χ1) is 12.7. The lowest BCUT2D eigenvalue weighted by Crippen LogP contribution is -1.98. The Kier molecular flexibility index (Phi) is 4.15. The van der Waals surface area contributed by atoms with Crippen molar-refractivity contribution in [2.45, 2.75) is 13.8 Å². The number of H-pyrrole nitrogens is 1. The van der Waals surface area contributed by atoms with Gasteiger partial charge >= 0.3 is 0 Å². The first-order valence-electron chi connectivity index (χ1n) is 8.34. The Balaban J connectivity index is 1.54. The van der Waals surface area contributed by atoms with E-state index in [2.05, 4.69) is 49.7 Å². The molecule has 2 heterocycles. The molecular weight excluding hydrogens is 324 g/mol. The van der Waals surface area contributed by atoms with Gasteiger partial charge in [-0.15, -0.1) is 10.2 Å². The Hall–Kier alpha value is -3.54. The molecule has 2 N–H and O–H groups in total. The van der Waals surface area contributed by atoms with Crippen molar-refractivity contribution in [1.82, 2.24) is 20.2 Å². The molecule has 4 rings (SSSR count). The molecule has 0 fully saturated rings. The van der Waals surface area contributed by atoms with E-state index in [9.17, 15) is 0 Å². The summed E-state index contributed by atoms with van der Waals surface area (Å²) in [5, 5.41) is 13.6. The third kappa shape index (κ3) is 3.30. The van der Waals surface area contributed by atoms with Gasteiger partial charge in [-0.05, 0) is 37.1 Å². The minimum absolute atomic E-state index is 0.351. The number of allylic oxidation sites excluding steroid dienone is 1. The van der Waals surface area contributed by atoms with Crippen molar-refractivity contribution in [2.24, 2.45) is 5.10 Å². The molecule has 0 atom stereocenters. The number of nitrogens with zero attached hydrogens (tertiary/aromatic N) is 4. The van der Waals surface area contributed by atoms with Gasteiger partial charge in [0.2, 0.25) is 0 Å². The fraction of sp³-hybridized carbons (Fsp3) is 0.100. The summed E-state index contributed by atoms with van der Waals surface area (Å²) in [4.78, 5) is 7.71. The normalized spacial score (nSPS) is 12.3. The fourth-order valence-corrected chi connectivity index (χ4v) is 2.77. The third-order valence-electron chi connectivity index (χ3n) is 4.00. The van der Waals surface area contributed by atoms with E-state index in [0.29, 0.717) is 11.6 Å². The number of hydrogen-bond acceptors (Lipinski definition) is 5. The van der Waals surface area contributed by atoms with Crippen molar-refractivity contribution in [3.05, 3.63) is 65.2 Å². The molecule has 0 unspecified atom stereocenters. The zero-order valence-corrected chi connectivity index (χ0v) is 14.6. The summed E-state index contributed by atoms with van der Waals surface area (Å²) in [7, 11) is 0. The van der Waals surface area contributed by atoms with E-state index < -0.39 is 0 Å². The quantitative estimate of drug-likeness (QED) is 0.428. The lowest BCUT2D eigenvalue weighted by atomic mass is 10.1. The summed E-state index contributed by atoms with van der Waals surface area (Å²) >= 11 is 0. The average molecular weight is 342 g/mol. The van der Waals surface area contributed by atoms with Crippen molar-refractivity contribution >= 4 is 40.3 Å². The van der Waals surface area contributed by atoms with Crippen LogP contribution in [0.1, 0.15) is 18.1 Å². The van der Waals surface area contributed by atoms with E-state index in [1.807, 2.05) is 49.4 Å². The Morgan fingerprint density at radius 2 is 1.96 bits per heavy atom. The fourth-order valence-electron chi connectivity index (χ4n) is 2.77. The molecule has 6 nitrogen and oxygen atoms in total. The van der Waals surface area contributed by atoms with E-state index in [0.717, 1.165) is 27.6 Å². The summed E-state index contributed by atoms with van der Waals surface area (Å²) in [6.45, 7) is 4.04. The van der Waals surface area contributed by atoms with Gasteiger partial charge in [-0.25, -0.2) is 5.43 Å². The zero-order chi connectivity index (χ0) is 17.9. The van der Waals surface area contributed by atoms with Crippen molar-refractivity contribution in [3.63, 3.8) is 0 Å². The van der Waals surface area contributed by atoms with E-state index in [1.165, 1.54) is 5.56 Å². The molecule has 0 aliphatic rings. The zero-order valence-electron chi connectivity index (χ0n) is 14.6. The van der Waals surface area contributed by atoms with Crippen molar-refractivity contribution in [3.8, 4) is 0 Å². The highest BCUT2D eigenvalue weighted by Crippen LogP contribution is 2.23. The SMILES string of the molecule is CC(/C=N/Nc1nnc2c(n1)[nH]c1ccc(C)cc12)=C\c1ccccc1. The second-order valence-corrected chi connectivity index (χ2v) is 6.18. The number of rotatable bonds is 4.